The zero-order chi connectivity index (χ0) is 13.9. The quantitative estimate of drug-likeness (QED) is 0.780. The molecule has 0 fully saturated rings. The Kier molecular flexibility index (Phi) is 5.22. The van der Waals surface area contributed by atoms with E-state index < -0.39 is 10.0 Å². The topological polar surface area (TPSA) is 37.4 Å². The van der Waals surface area contributed by atoms with E-state index in [1.165, 1.54) is 22.5 Å². The maximum atomic E-state index is 12.4. The Morgan fingerprint density at radius 3 is 2.17 bits per heavy atom. The molecule has 6 heteroatoms. The Bertz CT molecular complexity index is 535. The first-order chi connectivity index (χ1) is 8.27. The number of hydrogen-bond acceptors (Lipinski definition) is 2. The van der Waals surface area contributed by atoms with Gasteiger partial charge in [-0.25, -0.2) is 8.42 Å². The third kappa shape index (κ3) is 3.72. The van der Waals surface area contributed by atoms with Crippen LogP contribution in [0.25, 0.3) is 0 Å². The van der Waals surface area contributed by atoms with E-state index in [1.54, 1.807) is 13.8 Å². The summed E-state index contributed by atoms with van der Waals surface area (Å²) in [6.45, 7) is 7.92. The summed E-state index contributed by atoms with van der Waals surface area (Å²) in [5.74, 6) is 0. The molecule has 0 aromatic heterocycles. The minimum atomic E-state index is -3.59. The summed E-state index contributed by atoms with van der Waals surface area (Å²) >= 11 is 11.6. The second kappa shape index (κ2) is 6.06. The summed E-state index contributed by atoms with van der Waals surface area (Å²) in [6, 6.07) is 4.28. The zero-order valence-corrected chi connectivity index (χ0v) is 12.6. The van der Waals surface area contributed by atoms with Gasteiger partial charge in [-0.15, -0.1) is 0 Å². The number of nitrogens with zero attached hydrogens (tertiary/aromatic N) is 1. The van der Waals surface area contributed by atoms with Crippen LogP contribution in [0.4, 0.5) is 0 Å². The molecule has 1 aromatic rings. The van der Waals surface area contributed by atoms with Gasteiger partial charge >= 0.3 is 0 Å². The van der Waals surface area contributed by atoms with Crippen LogP contribution in [0.1, 0.15) is 13.8 Å². The standard InChI is InChI=1S/C12H15Cl2NO2S/c1-4-15(8-9(2)3)18(16,17)12-6-10(13)5-11(14)7-12/h5-7H,2,4,8H2,1,3H3. The molecule has 18 heavy (non-hydrogen) atoms. The van der Waals surface area contributed by atoms with E-state index in [2.05, 4.69) is 6.58 Å². The predicted octanol–water partition coefficient (Wildman–Crippen LogP) is 3.58. The first-order valence-corrected chi connectivity index (χ1v) is 7.57. The fourth-order valence-corrected chi connectivity index (χ4v) is 3.73. The smallest absolute Gasteiger partial charge is 0.207 e. The van der Waals surface area contributed by atoms with Gasteiger partial charge < -0.3 is 0 Å². The molecule has 0 radical (unpaired) electrons. The highest BCUT2D eigenvalue weighted by atomic mass is 35.5. The van der Waals surface area contributed by atoms with Crippen LogP contribution in [0.2, 0.25) is 10.0 Å². The van der Waals surface area contributed by atoms with Crippen molar-refractivity contribution in [3.8, 4) is 0 Å². The van der Waals surface area contributed by atoms with Crippen LogP contribution in [0.15, 0.2) is 35.2 Å². The monoisotopic (exact) mass is 307 g/mol. The maximum absolute atomic E-state index is 12.4. The lowest BCUT2D eigenvalue weighted by molar-refractivity contribution is 0.453. The molecule has 0 saturated carbocycles. The minimum absolute atomic E-state index is 0.100. The Labute approximate surface area is 118 Å². The molecule has 0 heterocycles. The lowest BCUT2D eigenvalue weighted by atomic mass is 10.3. The second-order valence-corrected chi connectivity index (χ2v) is 6.80. The molecular weight excluding hydrogens is 293 g/mol. The second-order valence-electron chi connectivity index (χ2n) is 3.99. The van der Waals surface area contributed by atoms with Gasteiger partial charge in [-0.3, -0.25) is 0 Å². The maximum Gasteiger partial charge on any atom is 0.243 e. The van der Waals surface area contributed by atoms with Crippen molar-refractivity contribution in [2.24, 2.45) is 0 Å². The molecule has 0 saturated heterocycles. The highest BCUT2D eigenvalue weighted by molar-refractivity contribution is 7.89. The summed E-state index contributed by atoms with van der Waals surface area (Å²) in [7, 11) is -3.59. The number of hydrogen-bond donors (Lipinski definition) is 0. The van der Waals surface area contributed by atoms with Gasteiger partial charge in [-0.2, -0.15) is 4.31 Å². The molecule has 100 valence electrons. The fourth-order valence-electron chi connectivity index (χ4n) is 1.49. The number of likely N-dealkylation sites (N-methyl/N-ethyl adjacent to an activating group) is 1. The average molecular weight is 308 g/mol. The SMILES string of the molecule is C=C(C)CN(CC)S(=O)(=O)c1cc(Cl)cc(Cl)c1. The van der Waals surface area contributed by atoms with Crippen molar-refractivity contribution in [1.82, 2.24) is 4.31 Å². The van der Waals surface area contributed by atoms with Crippen LogP contribution in [0.3, 0.4) is 0 Å². The van der Waals surface area contributed by atoms with Crippen molar-refractivity contribution in [2.75, 3.05) is 13.1 Å². The van der Waals surface area contributed by atoms with E-state index in [1.807, 2.05) is 0 Å². The fraction of sp³-hybridized carbons (Fsp3) is 0.333. The van der Waals surface area contributed by atoms with E-state index in [-0.39, 0.29) is 11.4 Å². The molecule has 0 aliphatic heterocycles. The molecule has 0 aliphatic rings. The van der Waals surface area contributed by atoms with Crippen LogP contribution in [0.5, 0.6) is 0 Å². The van der Waals surface area contributed by atoms with Gasteiger partial charge in [0.1, 0.15) is 0 Å². The largest absolute Gasteiger partial charge is 0.243 e. The summed E-state index contributed by atoms with van der Waals surface area (Å²) in [6.07, 6.45) is 0. The van der Waals surface area contributed by atoms with Gasteiger partial charge in [0.15, 0.2) is 0 Å². The van der Waals surface area contributed by atoms with Gasteiger partial charge in [-0.05, 0) is 25.1 Å². The van der Waals surface area contributed by atoms with Crippen molar-refractivity contribution < 1.29 is 8.42 Å². The summed E-state index contributed by atoms with van der Waals surface area (Å²) < 4.78 is 26.1. The lowest BCUT2D eigenvalue weighted by Crippen LogP contribution is -2.32. The third-order valence-corrected chi connectivity index (χ3v) is 4.61. The van der Waals surface area contributed by atoms with Gasteiger partial charge in [0.2, 0.25) is 10.0 Å². The summed E-state index contributed by atoms with van der Waals surface area (Å²) in [5, 5.41) is 0.597. The van der Waals surface area contributed by atoms with Crippen molar-refractivity contribution >= 4 is 33.2 Å². The highest BCUT2D eigenvalue weighted by Gasteiger charge is 2.23. The Morgan fingerprint density at radius 1 is 1.28 bits per heavy atom. The average Bonchev–Trinajstić information content (AvgIpc) is 2.24. The van der Waals surface area contributed by atoms with Crippen LogP contribution in [-0.2, 0) is 10.0 Å². The van der Waals surface area contributed by atoms with Crippen molar-refractivity contribution in [3.63, 3.8) is 0 Å². The Hall–Kier alpha value is -0.550. The van der Waals surface area contributed by atoms with Gasteiger partial charge in [0, 0.05) is 23.1 Å². The molecular formula is C12H15Cl2NO2S. The van der Waals surface area contributed by atoms with Crippen LogP contribution >= 0.6 is 23.2 Å². The molecule has 0 bridgehead atoms. The first-order valence-electron chi connectivity index (χ1n) is 5.38. The minimum Gasteiger partial charge on any atom is -0.207 e. The van der Waals surface area contributed by atoms with E-state index in [0.29, 0.717) is 16.6 Å². The van der Waals surface area contributed by atoms with Crippen molar-refractivity contribution in [3.05, 3.63) is 40.4 Å². The molecule has 0 atom stereocenters. The Morgan fingerprint density at radius 2 is 1.78 bits per heavy atom. The summed E-state index contributed by atoms with van der Waals surface area (Å²) in [5.41, 5.74) is 0.772. The molecule has 0 spiro atoms. The molecule has 1 rings (SSSR count). The summed E-state index contributed by atoms with van der Waals surface area (Å²) in [4.78, 5) is 0.100. The third-order valence-electron chi connectivity index (χ3n) is 2.27. The predicted molar refractivity (Wildman–Crippen MR) is 75.7 cm³/mol. The molecule has 0 unspecified atom stereocenters. The number of halogens is 2. The van der Waals surface area contributed by atoms with Crippen molar-refractivity contribution in [1.29, 1.82) is 0 Å². The molecule has 1 aromatic carbocycles. The Balaban J connectivity index is 3.22. The normalized spacial score (nSPS) is 11.8. The molecule has 0 amide bonds. The van der Waals surface area contributed by atoms with Crippen LogP contribution in [0, 0.1) is 0 Å². The molecule has 0 aliphatic carbocycles. The van der Waals surface area contributed by atoms with E-state index in [9.17, 15) is 8.42 Å². The first kappa shape index (κ1) is 15.5. The highest BCUT2D eigenvalue weighted by Crippen LogP contribution is 2.25. The van der Waals surface area contributed by atoms with Gasteiger partial charge in [0.05, 0.1) is 4.90 Å². The van der Waals surface area contributed by atoms with Crippen molar-refractivity contribution in [2.45, 2.75) is 18.7 Å². The van der Waals surface area contributed by atoms with Crippen LogP contribution < -0.4 is 0 Å². The van der Waals surface area contributed by atoms with E-state index in [0.717, 1.165) is 5.57 Å². The number of sulfonamides is 1. The number of rotatable bonds is 5. The van der Waals surface area contributed by atoms with Gasteiger partial charge in [0.25, 0.3) is 0 Å². The van der Waals surface area contributed by atoms with Crippen LogP contribution in [-0.4, -0.2) is 25.8 Å². The van der Waals surface area contributed by atoms with Gasteiger partial charge in [-0.1, -0.05) is 42.3 Å². The number of benzene rings is 1. The lowest BCUT2D eigenvalue weighted by Gasteiger charge is -2.20. The molecule has 3 nitrogen and oxygen atoms in total. The zero-order valence-electron chi connectivity index (χ0n) is 10.3. The van der Waals surface area contributed by atoms with E-state index >= 15 is 0 Å². The van der Waals surface area contributed by atoms with E-state index in [4.69, 9.17) is 23.2 Å². The molecule has 0 N–H and O–H groups in total.